The van der Waals surface area contributed by atoms with E-state index in [-0.39, 0.29) is 11.8 Å². The summed E-state index contributed by atoms with van der Waals surface area (Å²) in [5.41, 5.74) is 4.84. The normalized spacial score (nSPS) is 28.6. The van der Waals surface area contributed by atoms with Gasteiger partial charge in [-0.1, -0.05) is 26.7 Å². The summed E-state index contributed by atoms with van der Waals surface area (Å²) in [6.07, 6.45) is 1.73. The van der Waals surface area contributed by atoms with Crippen LogP contribution in [0.4, 0.5) is 0 Å². The summed E-state index contributed by atoms with van der Waals surface area (Å²) < 4.78 is 0. The lowest BCUT2D eigenvalue weighted by Crippen LogP contribution is -2.57. The second-order valence-electron chi connectivity index (χ2n) is 5.90. The van der Waals surface area contributed by atoms with Crippen LogP contribution in [-0.2, 0) is 4.79 Å². The molecule has 1 heterocycles. The van der Waals surface area contributed by atoms with Gasteiger partial charge in [0.05, 0.1) is 0 Å². The lowest BCUT2D eigenvalue weighted by atomic mass is 9.70. The minimum Gasteiger partial charge on any atom is -0.480 e. The molecule has 0 aromatic carbocycles. The molecule has 1 rings (SSSR count). The van der Waals surface area contributed by atoms with Crippen LogP contribution >= 0.6 is 0 Å². The molecule has 0 radical (unpaired) electrons. The maximum atomic E-state index is 11.4. The maximum Gasteiger partial charge on any atom is 0.451 e. The molecule has 0 bridgehead atoms. The van der Waals surface area contributed by atoms with Crippen molar-refractivity contribution in [1.29, 1.82) is 0 Å². The Morgan fingerprint density at radius 1 is 1.53 bits per heavy atom. The molecule has 0 aliphatic carbocycles. The van der Waals surface area contributed by atoms with Gasteiger partial charge in [-0.05, 0) is 18.2 Å². The van der Waals surface area contributed by atoms with Gasteiger partial charge in [0.2, 0.25) is 0 Å². The standard InChI is InChI=1S/C12H25BN2O4/c1-8(2)9(4-3-5-13(18)19)10-6-15-7-12(10,14)11(16)17/h8-10,15,18-19H,3-7,14H2,1-2H3,(H,16,17)/t9?,10-,12+/m1/s1. The molecule has 0 aromatic heterocycles. The van der Waals surface area contributed by atoms with Crippen LogP contribution in [0.5, 0.6) is 0 Å². The monoisotopic (exact) mass is 272 g/mol. The fourth-order valence-corrected chi connectivity index (χ4v) is 3.05. The number of hydrogen-bond donors (Lipinski definition) is 5. The van der Waals surface area contributed by atoms with Crippen molar-refractivity contribution in [3.05, 3.63) is 0 Å². The number of nitrogens with one attached hydrogen (secondary N) is 1. The molecule has 0 saturated carbocycles. The number of carboxylic acid groups (broad SMARTS) is 1. The third-order valence-corrected chi connectivity index (χ3v) is 4.21. The van der Waals surface area contributed by atoms with Gasteiger partial charge in [-0.15, -0.1) is 0 Å². The number of aliphatic carboxylic acids is 1. The second kappa shape index (κ2) is 6.70. The second-order valence-corrected chi connectivity index (χ2v) is 5.90. The largest absolute Gasteiger partial charge is 0.480 e. The molecule has 1 aliphatic heterocycles. The number of hydrogen-bond acceptors (Lipinski definition) is 5. The Morgan fingerprint density at radius 3 is 2.63 bits per heavy atom. The highest BCUT2D eigenvalue weighted by atomic mass is 16.4. The van der Waals surface area contributed by atoms with Crippen molar-refractivity contribution < 1.29 is 19.9 Å². The van der Waals surface area contributed by atoms with Crippen molar-refractivity contribution in [3.8, 4) is 0 Å². The van der Waals surface area contributed by atoms with Gasteiger partial charge in [-0.2, -0.15) is 0 Å². The summed E-state index contributed by atoms with van der Waals surface area (Å²) in [4.78, 5) is 11.4. The van der Waals surface area contributed by atoms with Crippen molar-refractivity contribution >= 4 is 13.1 Å². The van der Waals surface area contributed by atoms with Crippen LogP contribution in [-0.4, -0.2) is 46.9 Å². The first-order valence-electron chi connectivity index (χ1n) is 6.88. The van der Waals surface area contributed by atoms with Crippen molar-refractivity contribution in [2.45, 2.75) is 38.5 Å². The first-order chi connectivity index (χ1) is 8.79. The van der Waals surface area contributed by atoms with Crippen LogP contribution in [0.2, 0.25) is 6.32 Å². The Bertz CT molecular complexity index is 314. The van der Waals surface area contributed by atoms with Gasteiger partial charge in [-0.3, -0.25) is 4.79 Å². The van der Waals surface area contributed by atoms with Gasteiger partial charge < -0.3 is 26.2 Å². The lowest BCUT2D eigenvalue weighted by molar-refractivity contribution is -0.145. The molecular weight excluding hydrogens is 247 g/mol. The van der Waals surface area contributed by atoms with Crippen molar-refractivity contribution in [3.63, 3.8) is 0 Å². The zero-order valence-corrected chi connectivity index (χ0v) is 11.7. The molecule has 0 spiro atoms. The minimum absolute atomic E-state index is 0.124. The summed E-state index contributed by atoms with van der Waals surface area (Å²) in [6, 6.07) is 0. The summed E-state index contributed by atoms with van der Waals surface area (Å²) >= 11 is 0. The van der Waals surface area contributed by atoms with Crippen molar-refractivity contribution in [2.75, 3.05) is 13.1 Å². The van der Waals surface area contributed by atoms with Crippen LogP contribution in [0.3, 0.4) is 0 Å². The van der Waals surface area contributed by atoms with E-state index in [1.165, 1.54) is 0 Å². The van der Waals surface area contributed by atoms with Gasteiger partial charge in [0.25, 0.3) is 0 Å². The zero-order valence-electron chi connectivity index (χ0n) is 11.7. The number of carboxylic acids is 1. The Hall–Kier alpha value is -0.625. The van der Waals surface area contributed by atoms with Gasteiger partial charge in [0.15, 0.2) is 0 Å². The molecule has 7 heteroatoms. The smallest absolute Gasteiger partial charge is 0.451 e. The third kappa shape index (κ3) is 3.92. The topological polar surface area (TPSA) is 116 Å². The SMILES string of the molecule is CC(C)C(CCCB(O)O)[C@H]1CNC[C@@]1(N)C(=O)O. The molecular formula is C12H25BN2O4. The molecule has 1 saturated heterocycles. The summed E-state index contributed by atoms with van der Waals surface area (Å²) in [6.45, 7) is 5.01. The molecule has 1 fully saturated rings. The number of carbonyl (C=O) groups is 1. The van der Waals surface area contributed by atoms with E-state index < -0.39 is 18.6 Å². The molecule has 3 atom stereocenters. The summed E-state index contributed by atoms with van der Waals surface area (Å²) in [7, 11) is -1.29. The zero-order chi connectivity index (χ0) is 14.6. The highest BCUT2D eigenvalue weighted by molar-refractivity contribution is 6.40. The van der Waals surface area contributed by atoms with Gasteiger partial charge >= 0.3 is 13.1 Å². The number of rotatable bonds is 7. The van der Waals surface area contributed by atoms with Crippen molar-refractivity contribution in [1.82, 2.24) is 5.32 Å². The minimum atomic E-state index is -1.29. The average molecular weight is 272 g/mol. The molecule has 0 aromatic rings. The van der Waals surface area contributed by atoms with Gasteiger partial charge in [0.1, 0.15) is 5.54 Å². The van der Waals surface area contributed by atoms with Crippen LogP contribution in [0, 0.1) is 17.8 Å². The van der Waals surface area contributed by atoms with E-state index in [9.17, 15) is 9.90 Å². The van der Waals surface area contributed by atoms with E-state index in [1.807, 2.05) is 0 Å². The van der Waals surface area contributed by atoms with Gasteiger partial charge in [0, 0.05) is 19.0 Å². The average Bonchev–Trinajstić information content (AvgIpc) is 2.67. The highest BCUT2D eigenvalue weighted by Gasteiger charge is 2.49. The van der Waals surface area contributed by atoms with E-state index in [4.69, 9.17) is 15.8 Å². The molecule has 19 heavy (non-hydrogen) atoms. The van der Waals surface area contributed by atoms with E-state index in [0.717, 1.165) is 6.42 Å². The molecule has 1 aliphatic rings. The fraction of sp³-hybridized carbons (Fsp3) is 0.917. The fourth-order valence-electron chi connectivity index (χ4n) is 3.05. The molecule has 0 amide bonds. The Morgan fingerprint density at radius 2 is 2.16 bits per heavy atom. The van der Waals surface area contributed by atoms with E-state index in [0.29, 0.717) is 31.7 Å². The molecule has 6 nitrogen and oxygen atoms in total. The Balaban J connectivity index is 2.72. The Labute approximate surface area is 114 Å². The Kier molecular flexibility index (Phi) is 5.79. The van der Waals surface area contributed by atoms with Crippen LogP contribution in [0.15, 0.2) is 0 Å². The van der Waals surface area contributed by atoms with Crippen LogP contribution in [0.25, 0.3) is 0 Å². The molecule has 6 N–H and O–H groups in total. The highest BCUT2D eigenvalue weighted by Crippen LogP contribution is 2.35. The van der Waals surface area contributed by atoms with E-state index in [2.05, 4.69) is 19.2 Å². The first-order valence-corrected chi connectivity index (χ1v) is 6.88. The quantitative estimate of drug-likeness (QED) is 0.399. The molecule has 1 unspecified atom stereocenters. The third-order valence-electron chi connectivity index (χ3n) is 4.21. The van der Waals surface area contributed by atoms with Crippen LogP contribution in [0.1, 0.15) is 26.7 Å². The number of nitrogens with two attached hydrogens (primary N) is 1. The summed E-state index contributed by atoms with van der Waals surface area (Å²) in [5.74, 6) is -0.617. The summed E-state index contributed by atoms with van der Waals surface area (Å²) in [5, 5.41) is 30.2. The van der Waals surface area contributed by atoms with Crippen molar-refractivity contribution in [2.24, 2.45) is 23.5 Å². The lowest BCUT2D eigenvalue weighted by Gasteiger charge is -2.35. The first kappa shape index (κ1) is 16.4. The predicted molar refractivity (Wildman–Crippen MR) is 73.5 cm³/mol. The maximum absolute atomic E-state index is 11.4. The molecule has 110 valence electrons. The van der Waals surface area contributed by atoms with E-state index >= 15 is 0 Å². The van der Waals surface area contributed by atoms with E-state index in [1.54, 1.807) is 0 Å². The predicted octanol–water partition coefficient (Wildman–Crippen LogP) is -0.487. The van der Waals surface area contributed by atoms with Gasteiger partial charge in [-0.25, -0.2) is 0 Å². The van der Waals surface area contributed by atoms with Crippen LogP contribution < -0.4 is 11.1 Å².